The molecule has 1 heterocycles. The predicted molar refractivity (Wildman–Crippen MR) is 81.7 cm³/mol. The molecule has 0 saturated carbocycles. The summed E-state index contributed by atoms with van der Waals surface area (Å²) in [6, 6.07) is 4.64. The summed E-state index contributed by atoms with van der Waals surface area (Å²) in [7, 11) is 0. The molecule has 0 atom stereocenters. The summed E-state index contributed by atoms with van der Waals surface area (Å²) in [6.45, 7) is 4.59. The lowest BCUT2D eigenvalue weighted by Gasteiger charge is -2.34. The fraction of sp³-hybridized carbons (Fsp3) is 0.500. The molecule has 0 unspecified atom stereocenters. The van der Waals surface area contributed by atoms with E-state index in [4.69, 9.17) is 0 Å². The number of piperidine rings is 1. The van der Waals surface area contributed by atoms with Gasteiger partial charge in [-0.05, 0) is 73.6 Å². The molecule has 1 aliphatic rings. The minimum atomic E-state index is -0.300. The fourth-order valence-electron chi connectivity index (χ4n) is 2.50. The molecule has 1 amide bonds. The van der Waals surface area contributed by atoms with E-state index in [2.05, 4.69) is 5.32 Å². The highest BCUT2D eigenvalue weighted by Gasteiger charge is 2.25. The third kappa shape index (κ3) is 3.45. The molecule has 0 radical (unpaired) electrons. The van der Waals surface area contributed by atoms with Gasteiger partial charge in [-0.3, -0.25) is 4.79 Å². The highest BCUT2D eigenvalue weighted by Crippen LogP contribution is 2.20. The van der Waals surface area contributed by atoms with Gasteiger partial charge in [0, 0.05) is 16.2 Å². The SMILES string of the molecule is CCN(C(=O)c1ccc(F)cc1I)C1CCNCC1. The second-order valence-electron chi connectivity index (χ2n) is 4.70. The van der Waals surface area contributed by atoms with Crippen LogP contribution in [0.25, 0.3) is 0 Å². The Bertz CT molecular complexity index is 461. The molecular formula is C14H18FIN2O. The van der Waals surface area contributed by atoms with E-state index in [1.807, 2.05) is 34.4 Å². The second kappa shape index (κ2) is 6.65. The van der Waals surface area contributed by atoms with Crippen molar-refractivity contribution in [3.63, 3.8) is 0 Å². The summed E-state index contributed by atoms with van der Waals surface area (Å²) in [4.78, 5) is 14.5. The molecule has 0 aliphatic carbocycles. The number of carbonyl (C=O) groups is 1. The number of carbonyl (C=O) groups excluding carboxylic acids is 1. The summed E-state index contributed by atoms with van der Waals surface area (Å²) in [5, 5.41) is 3.30. The maximum Gasteiger partial charge on any atom is 0.255 e. The lowest BCUT2D eigenvalue weighted by atomic mass is 10.0. The van der Waals surface area contributed by atoms with Gasteiger partial charge < -0.3 is 10.2 Å². The van der Waals surface area contributed by atoms with Gasteiger partial charge in [-0.2, -0.15) is 0 Å². The van der Waals surface area contributed by atoms with Crippen molar-refractivity contribution >= 4 is 28.5 Å². The highest BCUT2D eigenvalue weighted by molar-refractivity contribution is 14.1. The summed E-state index contributed by atoms with van der Waals surface area (Å²) in [5.41, 5.74) is 0.599. The molecule has 1 aromatic carbocycles. The first-order valence-electron chi connectivity index (χ1n) is 6.60. The van der Waals surface area contributed by atoms with Crippen LogP contribution in [0, 0.1) is 9.39 Å². The van der Waals surface area contributed by atoms with Gasteiger partial charge >= 0.3 is 0 Å². The fourth-order valence-corrected chi connectivity index (χ4v) is 3.21. The topological polar surface area (TPSA) is 32.3 Å². The predicted octanol–water partition coefficient (Wildman–Crippen LogP) is 2.64. The van der Waals surface area contributed by atoms with Crippen LogP contribution in [0.1, 0.15) is 30.1 Å². The van der Waals surface area contributed by atoms with Crippen LogP contribution in [0.2, 0.25) is 0 Å². The first-order chi connectivity index (χ1) is 9.13. The summed E-state index contributed by atoms with van der Waals surface area (Å²) in [5.74, 6) is -0.287. The van der Waals surface area contributed by atoms with Gasteiger partial charge in [-0.1, -0.05) is 0 Å². The van der Waals surface area contributed by atoms with Crippen molar-refractivity contribution in [2.24, 2.45) is 0 Å². The Hall–Kier alpha value is -0.690. The lowest BCUT2D eigenvalue weighted by Crippen LogP contribution is -2.46. The molecule has 2 rings (SSSR count). The molecule has 19 heavy (non-hydrogen) atoms. The minimum Gasteiger partial charge on any atom is -0.336 e. The molecule has 104 valence electrons. The Kier molecular flexibility index (Phi) is 5.15. The number of hydrogen-bond donors (Lipinski definition) is 1. The average molecular weight is 376 g/mol. The molecule has 0 bridgehead atoms. The highest BCUT2D eigenvalue weighted by atomic mass is 127. The number of nitrogens with one attached hydrogen (secondary N) is 1. The zero-order valence-electron chi connectivity index (χ0n) is 11.0. The number of halogens is 2. The normalized spacial score (nSPS) is 16.4. The van der Waals surface area contributed by atoms with E-state index in [0.29, 0.717) is 21.7 Å². The van der Waals surface area contributed by atoms with Gasteiger partial charge in [0.25, 0.3) is 5.91 Å². The van der Waals surface area contributed by atoms with Crippen molar-refractivity contribution < 1.29 is 9.18 Å². The van der Waals surface area contributed by atoms with Crippen molar-refractivity contribution in [2.45, 2.75) is 25.8 Å². The van der Waals surface area contributed by atoms with E-state index in [9.17, 15) is 9.18 Å². The monoisotopic (exact) mass is 376 g/mol. The Morgan fingerprint density at radius 3 is 2.74 bits per heavy atom. The number of benzene rings is 1. The summed E-state index contributed by atoms with van der Waals surface area (Å²) < 4.78 is 13.8. The average Bonchev–Trinajstić information content (AvgIpc) is 2.40. The quantitative estimate of drug-likeness (QED) is 0.823. The van der Waals surface area contributed by atoms with Gasteiger partial charge in [0.2, 0.25) is 0 Å². The van der Waals surface area contributed by atoms with Crippen LogP contribution in [-0.2, 0) is 0 Å². The molecule has 0 spiro atoms. The van der Waals surface area contributed by atoms with E-state index >= 15 is 0 Å². The third-order valence-electron chi connectivity index (χ3n) is 3.51. The van der Waals surface area contributed by atoms with E-state index in [1.54, 1.807) is 6.07 Å². The molecule has 3 nitrogen and oxygen atoms in total. The van der Waals surface area contributed by atoms with Crippen LogP contribution in [0.4, 0.5) is 4.39 Å². The molecule has 5 heteroatoms. The summed E-state index contributed by atoms with van der Waals surface area (Å²) in [6.07, 6.45) is 1.97. The Morgan fingerprint density at radius 2 is 2.16 bits per heavy atom. The third-order valence-corrected chi connectivity index (χ3v) is 4.41. The maximum atomic E-state index is 13.1. The van der Waals surface area contributed by atoms with Crippen molar-refractivity contribution in [2.75, 3.05) is 19.6 Å². The van der Waals surface area contributed by atoms with E-state index in [-0.39, 0.29) is 11.7 Å². The Balaban J connectivity index is 2.19. The van der Waals surface area contributed by atoms with Gasteiger partial charge in [-0.25, -0.2) is 4.39 Å². The molecule has 1 fully saturated rings. The molecule has 0 aromatic heterocycles. The largest absolute Gasteiger partial charge is 0.336 e. The van der Waals surface area contributed by atoms with E-state index in [0.717, 1.165) is 25.9 Å². The van der Waals surface area contributed by atoms with Crippen LogP contribution in [0.15, 0.2) is 18.2 Å². The molecular weight excluding hydrogens is 358 g/mol. The molecule has 1 N–H and O–H groups in total. The van der Waals surface area contributed by atoms with Crippen molar-refractivity contribution in [1.29, 1.82) is 0 Å². The first-order valence-corrected chi connectivity index (χ1v) is 7.68. The van der Waals surface area contributed by atoms with E-state index in [1.165, 1.54) is 12.1 Å². The van der Waals surface area contributed by atoms with Crippen molar-refractivity contribution in [3.8, 4) is 0 Å². The molecule has 1 aromatic rings. The smallest absolute Gasteiger partial charge is 0.255 e. The van der Waals surface area contributed by atoms with Crippen LogP contribution >= 0.6 is 22.6 Å². The Labute approximate surface area is 126 Å². The second-order valence-corrected chi connectivity index (χ2v) is 5.86. The standard InChI is InChI=1S/C14H18FIN2O/c1-2-18(11-5-7-17-8-6-11)14(19)12-4-3-10(15)9-13(12)16/h3-4,9,11,17H,2,5-8H2,1H3. The first kappa shape index (κ1) is 14.7. The van der Waals surface area contributed by atoms with Crippen LogP contribution < -0.4 is 5.32 Å². The van der Waals surface area contributed by atoms with Gasteiger partial charge in [0.15, 0.2) is 0 Å². The van der Waals surface area contributed by atoms with E-state index < -0.39 is 0 Å². The van der Waals surface area contributed by atoms with Gasteiger partial charge in [-0.15, -0.1) is 0 Å². The van der Waals surface area contributed by atoms with Crippen LogP contribution in [0.3, 0.4) is 0 Å². The lowest BCUT2D eigenvalue weighted by molar-refractivity contribution is 0.0655. The zero-order chi connectivity index (χ0) is 13.8. The van der Waals surface area contributed by atoms with Crippen LogP contribution in [-0.4, -0.2) is 36.5 Å². The number of nitrogens with zero attached hydrogens (tertiary/aromatic N) is 1. The zero-order valence-corrected chi connectivity index (χ0v) is 13.1. The van der Waals surface area contributed by atoms with Crippen molar-refractivity contribution in [3.05, 3.63) is 33.1 Å². The van der Waals surface area contributed by atoms with Crippen molar-refractivity contribution in [1.82, 2.24) is 10.2 Å². The Morgan fingerprint density at radius 1 is 1.47 bits per heavy atom. The van der Waals surface area contributed by atoms with Crippen LogP contribution in [0.5, 0.6) is 0 Å². The summed E-state index contributed by atoms with van der Waals surface area (Å²) >= 11 is 2.02. The minimum absolute atomic E-state index is 0.0128. The van der Waals surface area contributed by atoms with Gasteiger partial charge in [0.1, 0.15) is 5.82 Å². The molecule has 1 saturated heterocycles. The number of rotatable bonds is 3. The van der Waals surface area contributed by atoms with Gasteiger partial charge in [0.05, 0.1) is 5.56 Å². The number of hydrogen-bond acceptors (Lipinski definition) is 2. The number of amides is 1. The maximum absolute atomic E-state index is 13.1. The molecule has 1 aliphatic heterocycles.